The number of likely N-dealkylation sites (N-methyl/N-ethyl adjacent to an activating group) is 1. The lowest BCUT2D eigenvalue weighted by atomic mass is 9.98. The Morgan fingerprint density at radius 2 is 1.86 bits per heavy atom. The van der Waals surface area contributed by atoms with Gasteiger partial charge in [-0.2, -0.15) is 4.98 Å². The van der Waals surface area contributed by atoms with Crippen molar-refractivity contribution in [3.05, 3.63) is 75.2 Å². The van der Waals surface area contributed by atoms with Gasteiger partial charge in [0.1, 0.15) is 5.65 Å². The third kappa shape index (κ3) is 5.90. The number of nitrogens with zero attached hydrogens (tertiary/aromatic N) is 6. The molecule has 4 heterocycles. The summed E-state index contributed by atoms with van der Waals surface area (Å²) in [4.78, 5) is 43.4. The molecule has 2 aromatic heterocycles. The van der Waals surface area contributed by atoms with Crippen molar-refractivity contribution in [3.8, 4) is 11.1 Å². The molecule has 0 aliphatic carbocycles. The van der Waals surface area contributed by atoms with Crippen molar-refractivity contribution in [2.45, 2.75) is 46.1 Å². The summed E-state index contributed by atoms with van der Waals surface area (Å²) in [7, 11) is 2.16. The molecule has 0 saturated carbocycles. The molecule has 1 N–H and O–H groups in total. The number of amides is 1. The van der Waals surface area contributed by atoms with E-state index in [1.807, 2.05) is 36.9 Å². The molecule has 2 aliphatic rings. The van der Waals surface area contributed by atoms with Crippen LogP contribution in [-0.2, 0) is 4.79 Å². The van der Waals surface area contributed by atoms with Crippen molar-refractivity contribution < 1.29 is 4.79 Å². The Kier molecular flexibility index (Phi) is 8.60. The lowest BCUT2D eigenvalue weighted by Gasteiger charge is -2.35. The summed E-state index contributed by atoms with van der Waals surface area (Å²) in [5.41, 5.74) is 5.89. The highest BCUT2D eigenvalue weighted by molar-refractivity contribution is 6.30. The van der Waals surface area contributed by atoms with Gasteiger partial charge in [0.05, 0.1) is 11.6 Å². The highest BCUT2D eigenvalue weighted by Crippen LogP contribution is 2.32. The Hall–Kier alpha value is -3.95. The number of benzene rings is 2. The van der Waals surface area contributed by atoms with E-state index < -0.39 is 0 Å². The van der Waals surface area contributed by atoms with E-state index >= 15 is 0 Å². The first kappa shape index (κ1) is 30.1. The van der Waals surface area contributed by atoms with E-state index in [4.69, 9.17) is 21.6 Å². The first-order valence-corrected chi connectivity index (χ1v) is 15.9. The molecule has 44 heavy (non-hydrogen) atoms. The molecule has 2 aromatic carbocycles. The van der Waals surface area contributed by atoms with Crippen LogP contribution in [0.15, 0.2) is 53.5 Å². The molecule has 0 bridgehead atoms. The van der Waals surface area contributed by atoms with Crippen LogP contribution in [-0.4, -0.2) is 76.6 Å². The molecule has 0 unspecified atom stereocenters. The third-order valence-electron chi connectivity index (χ3n) is 9.04. The molecule has 2 fully saturated rings. The number of anilines is 3. The van der Waals surface area contributed by atoms with Crippen molar-refractivity contribution in [1.29, 1.82) is 0 Å². The highest BCUT2D eigenvalue weighted by atomic mass is 35.5. The molecule has 230 valence electrons. The van der Waals surface area contributed by atoms with Gasteiger partial charge in [-0.15, -0.1) is 0 Å². The van der Waals surface area contributed by atoms with Crippen LogP contribution < -0.4 is 15.8 Å². The summed E-state index contributed by atoms with van der Waals surface area (Å²) in [6, 6.07) is 13.5. The number of piperidine rings is 1. The van der Waals surface area contributed by atoms with Crippen LogP contribution in [0.25, 0.3) is 22.2 Å². The first-order valence-electron chi connectivity index (χ1n) is 15.5. The third-order valence-corrected chi connectivity index (χ3v) is 9.27. The zero-order valence-corrected chi connectivity index (χ0v) is 26.7. The summed E-state index contributed by atoms with van der Waals surface area (Å²) in [5.74, 6) is 0.520. The maximum Gasteiger partial charge on any atom is 0.260 e. The number of hydrogen-bond acceptors (Lipinski definition) is 7. The van der Waals surface area contributed by atoms with Crippen molar-refractivity contribution in [2.75, 3.05) is 56.5 Å². The minimum absolute atomic E-state index is 0.0987. The van der Waals surface area contributed by atoms with Gasteiger partial charge in [-0.25, -0.2) is 4.98 Å². The maximum atomic E-state index is 14.4. The standard InChI is InChI=1S/C34H40ClN7O2/c1-5-30(43)41-13-7-10-27(21-41)42-32-28(23(3)31(33(42)44)24-8-6-9-25(35)19-24)20-36-34(38-32)37-26-11-12-29(22(2)18-26)40-16-14-39(4)15-17-40/h6,8-9,11-12,18-20,27H,5,7,10,13-17,21H2,1-4H3,(H,36,37,38)/t27-/m0/s1. The minimum Gasteiger partial charge on any atom is -0.369 e. The fraction of sp³-hybridized carbons (Fsp3) is 0.412. The van der Waals surface area contributed by atoms with Crippen molar-refractivity contribution >= 4 is 45.9 Å². The molecule has 0 radical (unpaired) electrons. The normalized spacial score (nSPS) is 17.7. The number of aromatic nitrogens is 3. The molecule has 10 heteroatoms. The minimum atomic E-state index is -0.208. The van der Waals surface area contributed by atoms with Crippen LogP contribution in [0, 0.1) is 13.8 Å². The van der Waals surface area contributed by atoms with Crippen molar-refractivity contribution in [1.82, 2.24) is 24.3 Å². The summed E-state index contributed by atoms with van der Waals surface area (Å²) < 4.78 is 1.79. The second-order valence-corrected chi connectivity index (χ2v) is 12.5. The summed E-state index contributed by atoms with van der Waals surface area (Å²) >= 11 is 6.35. The number of rotatable bonds is 6. The zero-order chi connectivity index (χ0) is 31.0. The van der Waals surface area contributed by atoms with Gasteiger partial charge in [0.15, 0.2) is 0 Å². The SMILES string of the molecule is CCC(=O)N1CCC[C@H](n2c(=O)c(-c3cccc(Cl)c3)c(C)c3cnc(Nc4ccc(N5CCN(C)CC5)c(C)c4)nc32)C1. The number of aryl methyl sites for hydroxylation is 2. The number of fused-ring (bicyclic) bond motifs is 1. The molecular weight excluding hydrogens is 574 g/mol. The number of hydrogen-bond donors (Lipinski definition) is 1. The van der Waals surface area contributed by atoms with Gasteiger partial charge < -0.3 is 20.0 Å². The van der Waals surface area contributed by atoms with E-state index in [1.54, 1.807) is 16.8 Å². The summed E-state index contributed by atoms with van der Waals surface area (Å²) in [5, 5.41) is 4.75. The quantitative estimate of drug-likeness (QED) is 0.294. The average molecular weight is 614 g/mol. The topological polar surface area (TPSA) is 86.6 Å². The van der Waals surface area contributed by atoms with Gasteiger partial charge in [0.2, 0.25) is 11.9 Å². The molecule has 4 aromatic rings. The first-order chi connectivity index (χ1) is 21.2. The maximum absolute atomic E-state index is 14.4. The summed E-state index contributed by atoms with van der Waals surface area (Å²) in [6.45, 7) is 11.2. The predicted molar refractivity (Wildman–Crippen MR) is 178 cm³/mol. The molecule has 9 nitrogen and oxygen atoms in total. The number of halogens is 1. The van der Waals surface area contributed by atoms with E-state index in [9.17, 15) is 9.59 Å². The molecule has 1 amide bonds. The van der Waals surface area contributed by atoms with Crippen LogP contribution in [0.4, 0.5) is 17.3 Å². The molecule has 6 rings (SSSR count). The number of nitrogens with one attached hydrogen (secondary N) is 1. The number of pyridine rings is 1. The fourth-order valence-electron chi connectivity index (χ4n) is 6.60. The van der Waals surface area contributed by atoms with Crippen molar-refractivity contribution in [2.24, 2.45) is 0 Å². The van der Waals surface area contributed by atoms with E-state index in [0.29, 0.717) is 41.7 Å². The van der Waals surface area contributed by atoms with E-state index in [0.717, 1.165) is 61.2 Å². The Labute approximate surface area is 263 Å². The van der Waals surface area contributed by atoms with Crippen LogP contribution in [0.1, 0.15) is 43.4 Å². The number of carbonyl (C=O) groups is 1. The van der Waals surface area contributed by atoms with Gasteiger partial charge >= 0.3 is 0 Å². The van der Waals surface area contributed by atoms with Crippen LogP contribution >= 0.6 is 11.6 Å². The number of piperazine rings is 1. The van der Waals surface area contributed by atoms with Gasteiger partial charge in [0, 0.05) is 73.7 Å². The van der Waals surface area contributed by atoms with E-state index in [-0.39, 0.29) is 17.5 Å². The second-order valence-electron chi connectivity index (χ2n) is 12.0. The second kappa shape index (κ2) is 12.6. The predicted octanol–water partition coefficient (Wildman–Crippen LogP) is 5.80. The lowest BCUT2D eigenvalue weighted by molar-refractivity contribution is -0.132. The van der Waals surface area contributed by atoms with Gasteiger partial charge in [-0.1, -0.05) is 30.7 Å². The molecule has 2 aliphatic heterocycles. The average Bonchev–Trinajstić information content (AvgIpc) is 3.01. The van der Waals surface area contributed by atoms with E-state index in [1.165, 1.54) is 11.3 Å². The van der Waals surface area contributed by atoms with Gasteiger partial charge in [0.25, 0.3) is 5.56 Å². The lowest BCUT2D eigenvalue weighted by Crippen LogP contribution is -2.44. The number of carbonyl (C=O) groups excluding carboxylic acids is 1. The van der Waals surface area contributed by atoms with E-state index in [2.05, 4.69) is 47.3 Å². The van der Waals surface area contributed by atoms with Crippen molar-refractivity contribution in [3.63, 3.8) is 0 Å². The molecule has 1 atom stereocenters. The van der Waals surface area contributed by atoms with Gasteiger partial charge in [-0.3, -0.25) is 14.2 Å². The fourth-order valence-corrected chi connectivity index (χ4v) is 6.79. The Morgan fingerprint density at radius 1 is 1.07 bits per heavy atom. The Morgan fingerprint density at radius 3 is 2.59 bits per heavy atom. The smallest absolute Gasteiger partial charge is 0.260 e. The van der Waals surface area contributed by atoms with Crippen LogP contribution in [0.2, 0.25) is 5.02 Å². The Bertz CT molecular complexity index is 1760. The molecule has 0 spiro atoms. The molecule has 2 saturated heterocycles. The van der Waals surface area contributed by atoms with Gasteiger partial charge in [-0.05, 0) is 80.8 Å². The Balaban J connectivity index is 1.41. The highest BCUT2D eigenvalue weighted by Gasteiger charge is 2.28. The monoisotopic (exact) mass is 613 g/mol. The largest absolute Gasteiger partial charge is 0.369 e. The van der Waals surface area contributed by atoms with Crippen LogP contribution in [0.3, 0.4) is 0 Å². The van der Waals surface area contributed by atoms with Crippen LogP contribution in [0.5, 0.6) is 0 Å². The zero-order valence-electron chi connectivity index (χ0n) is 25.9. The molecular formula is C34H40ClN7O2. The summed E-state index contributed by atoms with van der Waals surface area (Å²) in [6.07, 6.45) is 3.83. The number of likely N-dealkylation sites (tertiary alicyclic amines) is 1.